The summed E-state index contributed by atoms with van der Waals surface area (Å²) in [5, 5.41) is 0. The summed E-state index contributed by atoms with van der Waals surface area (Å²) in [5.41, 5.74) is 2.84. The van der Waals surface area contributed by atoms with Gasteiger partial charge in [-0.25, -0.2) is 0 Å². The van der Waals surface area contributed by atoms with Gasteiger partial charge >= 0.3 is 0 Å². The molecule has 1 aromatic rings. The molecule has 2 rings (SSSR count). The summed E-state index contributed by atoms with van der Waals surface area (Å²) in [6.45, 7) is 0. The zero-order valence-electron chi connectivity index (χ0n) is 6.59. The third-order valence-electron chi connectivity index (χ3n) is 1.69. The summed E-state index contributed by atoms with van der Waals surface area (Å²) in [6, 6.07) is 8.49. The maximum Gasteiger partial charge on any atom is -0.00882 e. The third kappa shape index (κ3) is 1.67. The molecule has 0 aliphatic heterocycles. The van der Waals surface area contributed by atoms with Crippen molar-refractivity contribution in [1.82, 2.24) is 12.3 Å². The Kier molecular flexibility index (Phi) is 3.51. The van der Waals surface area contributed by atoms with E-state index in [9.17, 15) is 0 Å². The van der Waals surface area contributed by atoms with E-state index in [0.717, 1.165) is 6.42 Å². The molecule has 11 heavy (non-hydrogen) atoms. The highest BCUT2D eigenvalue weighted by molar-refractivity contribution is 5.59. The van der Waals surface area contributed by atoms with E-state index in [1.54, 1.807) is 0 Å². The molecule has 0 unspecified atom stereocenters. The topological polar surface area (TPSA) is 70.0 Å². The first-order chi connectivity index (χ1) is 4.47. The Morgan fingerprint density at radius 1 is 1.00 bits per heavy atom. The predicted octanol–water partition coefficient (Wildman–Crippen LogP) is 2.58. The fraction of sp³-hybridized carbons (Fsp3) is 0.111. The molecular formula is C9H14N2. The van der Waals surface area contributed by atoms with Crippen molar-refractivity contribution < 1.29 is 0 Å². The summed E-state index contributed by atoms with van der Waals surface area (Å²) in [6.07, 6.45) is 5.50. The molecule has 6 N–H and O–H groups in total. The standard InChI is InChI=1S/C9H8.2H3N/c1-2-5-9-7-3-6-8(9)4-1;;/h1-6H,7H2;2*1H3. The van der Waals surface area contributed by atoms with Crippen molar-refractivity contribution in [3.8, 4) is 0 Å². The van der Waals surface area contributed by atoms with Crippen LogP contribution in [0.4, 0.5) is 0 Å². The van der Waals surface area contributed by atoms with Crippen LogP contribution < -0.4 is 12.3 Å². The van der Waals surface area contributed by atoms with E-state index in [1.165, 1.54) is 11.1 Å². The average molecular weight is 150 g/mol. The summed E-state index contributed by atoms with van der Waals surface area (Å²) in [5.74, 6) is 0. The monoisotopic (exact) mass is 150 g/mol. The minimum Gasteiger partial charge on any atom is -0.344 e. The maximum absolute atomic E-state index is 2.20. The van der Waals surface area contributed by atoms with Gasteiger partial charge in [0, 0.05) is 0 Å². The molecule has 0 fully saturated rings. The van der Waals surface area contributed by atoms with Gasteiger partial charge in [-0.15, -0.1) is 0 Å². The highest BCUT2D eigenvalue weighted by Crippen LogP contribution is 2.17. The van der Waals surface area contributed by atoms with E-state index < -0.39 is 0 Å². The fourth-order valence-electron chi connectivity index (χ4n) is 1.20. The van der Waals surface area contributed by atoms with Crippen LogP contribution in [0.2, 0.25) is 0 Å². The van der Waals surface area contributed by atoms with Crippen LogP contribution in [-0.2, 0) is 6.42 Å². The van der Waals surface area contributed by atoms with Crippen molar-refractivity contribution in [2.45, 2.75) is 6.42 Å². The van der Waals surface area contributed by atoms with Crippen LogP contribution >= 0.6 is 0 Å². The molecule has 1 aliphatic carbocycles. The van der Waals surface area contributed by atoms with E-state index >= 15 is 0 Å². The van der Waals surface area contributed by atoms with Gasteiger partial charge in [0.1, 0.15) is 0 Å². The van der Waals surface area contributed by atoms with Crippen molar-refractivity contribution in [3.05, 3.63) is 41.5 Å². The Bertz CT molecular complexity index is 253. The second-order valence-corrected chi connectivity index (χ2v) is 2.31. The minimum absolute atomic E-state index is 0. The molecule has 1 aromatic carbocycles. The third-order valence-corrected chi connectivity index (χ3v) is 1.69. The first-order valence-corrected chi connectivity index (χ1v) is 3.21. The predicted molar refractivity (Wildman–Crippen MR) is 49.2 cm³/mol. The molecule has 2 nitrogen and oxygen atoms in total. The van der Waals surface area contributed by atoms with E-state index in [4.69, 9.17) is 0 Å². The summed E-state index contributed by atoms with van der Waals surface area (Å²) < 4.78 is 0. The van der Waals surface area contributed by atoms with Gasteiger partial charge in [-0.05, 0) is 17.5 Å². The fourth-order valence-corrected chi connectivity index (χ4v) is 1.20. The second kappa shape index (κ2) is 3.91. The molecule has 0 bridgehead atoms. The number of allylic oxidation sites excluding steroid dienone is 1. The molecule has 0 aromatic heterocycles. The zero-order chi connectivity index (χ0) is 6.10. The number of hydrogen-bond acceptors (Lipinski definition) is 2. The van der Waals surface area contributed by atoms with Gasteiger partial charge in [-0.1, -0.05) is 36.4 Å². The van der Waals surface area contributed by atoms with Gasteiger partial charge in [0.2, 0.25) is 0 Å². The smallest absolute Gasteiger partial charge is 0.00882 e. The molecule has 60 valence electrons. The molecule has 0 atom stereocenters. The van der Waals surface area contributed by atoms with Crippen molar-refractivity contribution in [1.29, 1.82) is 0 Å². The molecule has 0 spiro atoms. The van der Waals surface area contributed by atoms with Crippen LogP contribution in [0.15, 0.2) is 30.3 Å². The molecule has 0 amide bonds. The van der Waals surface area contributed by atoms with Crippen LogP contribution in [0.25, 0.3) is 6.08 Å². The Balaban J connectivity index is 0.000000500. The van der Waals surface area contributed by atoms with Gasteiger partial charge in [0.25, 0.3) is 0 Å². The molecular weight excluding hydrogens is 136 g/mol. The molecule has 2 heteroatoms. The molecule has 0 saturated heterocycles. The van der Waals surface area contributed by atoms with Crippen molar-refractivity contribution in [2.75, 3.05) is 0 Å². The lowest BCUT2D eigenvalue weighted by atomic mass is 10.1. The number of hydrogen-bond donors (Lipinski definition) is 2. The van der Waals surface area contributed by atoms with E-state index in [2.05, 4.69) is 36.4 Å². The normalized spacial score (nSPS) is 11.3. The van der Waals surface area contributed by atoms with Crippen molar-refractivity contribution in [2.24, 2.45) is 0 Å². The first kappa shape index (κ1) is 9.88. The largest absolute Gasteiger partial charge is 0.344 e. The molecule has 0 heterocycles. The van der Waals surface area contributed by atoms with Gasteiger partial charge in [0.05, 0.1) is 0 Å². The molecule has 1 aliphatic rings. The lowest BCUT2D eigenvalue weighted by Gasteiger charge is -1.93. The van der Waals surface area contributed by atoms with Gasteiger partial charge < -0.3 is 12.3 Å². The van der Waals surface area contributed by atoms with Crippen LogP contribution in [-0.4, -0.2) is 0 Å². The molecule has 0 saturated carbocycles. The van der Waals surface area contributed by atoms with Gasteiger partial charge in [-0.3, -0.25) is 0 Å². The van der Waals surface area contributed by atoms with Gasteiger partial charge in [-0.2, -0.15) is 0 Å². The lowest BCUT2D eigenvalue weighted by molar-refractivity contribution is 1.31. The Morgan fingerprint density at radius 2 is 1.73 bits per heavy atom. The zero-order valence-corrected chi connectivity index (χ0v) is 6.59. The SMILES string of the molecule is C1=Cc2ccccc2C1.N.N. The summed E-state index contributed by atoms with van der Waals surface area (Å²) in [4.78, 5) is 0. The van der Waals surface area contributed by atoms with Crippen LogP contribution in [0.3, 0.4) is 0 Å². The second-order valence-electron chi connectivity index (χ2n) is 2.31. The maximum atomic E-state index is 2.20. The number of benzene rings is 1. The Hall–Kier alpha value is -1.12. The van der Waals surface area contributed by atoms with Crippen LogP contribution in [0.1, 0.15) is 11.1 Å². The number of rotatable bonds is 0. The summed E-state index contributed by atoms with van der Waals surface area (Å²) >= 11 is 0. The van der Waals surface area contributed by atoms with Crippen molar-refractivity contribution in [3.63, 3.8) is 0 Å². The highest BCUT2D eigenvalue weighted by atomic mass is 14.0. The number of fused-ring (bicyclic) bond motifs is 1. The van der Waals surface area contributed by atoms with Crippen LogP contribution in [0.5, 0.6) is 0 Å². The highest BCUT2D eigenvalue weighted by Gasteiger charge is 2.00. The summed E-state index contributed by atoms with van der Waals surface area (Å²) in [7, 11) is 0. The lowest BCUT2D eigenvalue weighted by Crippen LogP contribution is -1.76. The molecule has 0 radical (unpaired) electrons. The quantitative estimate of drug-likeness (QED) is 0.596. The van der Waals surface area contributed by atoms with Crippen LogP contribution in [0, 0.1) is 0 Å². The Labute approximate surface area is 67.1 Å². The average Bonchev–Trinajstić information content (AvgIpc) is 2.33. The minimum atomic E-state index is 0. The first-order valence-electron chi connectivity index (χ1n) is 3.21. The van der Waals surface area contributed by atoms with E-state index in [1.807, 2.05) is 0 Å². The van der Waals surface area contributed by atoms with E-state index in [0.29, 0.717) is 0 Å². The van der Waals surface area contributed by atoms with E-state index in [-0.39, 0.29) is 12.3 Å². The van der Waals surface area contributed by atoms with Gasteiger partial charge in [0.15, 0.2) is 0 Å². The van der Waals surface area contributed by atoms with Crippen molar-refractivity contribution >= 4 is 6.08 Å². The Morgan fingerprint density at radius 3 is 2.45 bits per heavy atom.